The minimum absolute atomic E-state index is 0.00142. The average Bonchev–Trinajstić information content (AvgIpc) is 2.96. The van der Waals surface area contributed by atoms with Crippen molar-refractivity contribution in [1.29, 1.82) is 0 Å². The lowest BCUT2D eigenvalue weighted by atomic mass is 9.88. The molecule has 4 rings (SSSR count). The highest BCUT2D eigenvalue weighted by Crippen LogP contribution is 2.74. The van der Waals surface area contributed by atoms with Crippen LogP contribution >= 0.6 is 23.5 Å². The third-order valence-electron chi connectivity index (χ3n) is 5.85. The van der Waals surface area contributed by atoms with Crippen LogP contribution in [-0.4, -0.2) is 61.6 Å². The predicted octanol–water partition coefficient (Wildman–Crippen LogP) is -0.404. The summed E-state index contributed by atoms with van der Waals surface area (Å²) in [5.74, 6) is -0.708. The molecule has 2 aliphatic carbocycles. The molecule has 0 bridgehead atoms. The normalized spacial score (nSPS) is 35.7. The number of aliphatic hydroxyl groups is 1. The first kappa shape index (κ1) is 26.1. The summed E-state index contributed by atoms with van der Waals surface area (Å²) in [6, 6.07) is -1.36. The van der Waals surface area contributed by atoms with E-state index in [1.54, 1.807) is 0 Å². The number of nitrogens with two attached hydrogens (primary N) is 2. The molecule has 2 aromatic heterocycles. The first-order valence-corrected chi connectivity index (χ1v) is 13.9. The van der Waals surface area contributed by atoms with Gasteiger partial charge in [-0.05, 0) is 5.92 Å². The molecule has 192 valence electrons. The highest BCUT2D eigenvalue weighted by molar-refractivity contribution is 7.66. The molecule has 2 heterocycles. The quantitative estimate of drug-likeness (QED) is 0.168. The molecule has 0 radical (unpaired) electrons. The zero-order valence-electron chi connectivity index (χ0n) is 17.3. The molecule has 0 saturated heterocycles. The van der Waals surface area contributed by atoms with Gasteiger partial charge in [-0.1, -0.05) is 12.8 Å². The van der Waals surface area contributed by atoms with Crippen LogP contribution in [0.4, 0.5) is 16.2 Å². The molecular formula is C14H18FN6O11P3. The number of phosphoric ester groups is 1. The van der Waals surface area contributed by atoms with Gasteiger partial charge in [-0.15, -0.1) is 6.42 Å². The number of rotatable bonds is 7. The van der Waals surface area contributed by atoms with Crippen LogP contribution in [0, 0.1) is 24.2 Å². The van der Waals surface area contributed by atoms with Gasteiger partial charge < -0.3 is 40.7 Å². The SMILES string of the molecule is C#C[C@]1(F)[C@H](n2cnc3c(N)nc(N)nc32)[C@@H](C)[C@@H]2C(OP(=O)(O)OP(=O)(O)OP(=O)(O)O)[C@@]21O. The van der Waals surface area contributed by atoms with Crippen molar-refractivity contribution in [2.45, 2.75) is 30.3 Å². The van der Waals surface area contributed by atoms with Crippen LogP contribution in [0.1, 0.15) is 13.0 Å². The third kappa shape index (κ3) is 4.08. The molecular weight excluding hydrogens is 540 g/mol. The second kappa shape index (κ2) is 7.75. The number of nitrogens with zero attached hydrogens (tertiary/aromatic N) is 4. The van der Waals surface area contributed by atoms with Gasteiger partial charge in [-0.2, -0.15) is 18.6 Å². The summed E-state index contributed by atoms with van der Waals surface area (Å²) < 4.78 is 63.9. The van der Waals surface area contributed by atoms with Gasteiger partial charge in [-0.25, -0.2) is 23.1 Å². The van der Waals surface area contributed by atoms with E-state index in [1.807, 2.05) is 5.92 Å². The number of fused-ring (bicyclic) bond motifs is 2. The summed E-state index contributed by atoms with van der Waals surface area (Å²) in [4.78, 5) is 48.1. The molecule has 0 aromatic carbocycles. The zero-order valence-corrected chi connectivity index (χ0v) is 20.0. The smallest absolute Gasteiger partial charge is 0.382 e. The average molecular weight is 558 g/mol. The summed E-state index contributed by atoms with van der Waals surface area (Å²) in [6.07, 6.45) is 4.73. The molecule has 21 heteroatoms. The van der Waals surface area contributed by atoms with Crippen molar-refractivity contribution in [3.63, 3.8) is 0 Å². The zero-order chi connectivity index (χ0) is 26.4. The van der Waals surface area contributed by atoms with E-state index in [0.717, 1.165) is 6.33 Å². The fourth-order valence-electron chi connectivity index (χ4n) is 4.68. The van der Waals surface area contributed by atoms with Gasteiger partial charge >= 0.3 is 23.5 Å². The van der Waals surface area contributed by atoms with E-state index in [9.17, 15) is 28.6 Å². The van der Waals surface area contributed by atoms with E-state index in [-0.39, 0.29) is 22.9 Å². The fourth-order valence-corrected chi connectivity index (χ4v) is 7.92. The van der Waals surface area contributed by atoms with Crippen LogP contribution in [0.3, 0.4) is 0 Å². The summed E-state index contributed by atoms with van der Waals surface area (Å²) in [6.45, 7) is 1.43. The Bertz CT molecular complexity index is 1410. The fraction of sp³-hybridized carbons (Fsp3) is 0.500. The number of alkyl halides is 1. The minimum Gasteiger partial charge on any atom is -0.382 e. The maximum absolute atomic E-state index is 16.3. The van der Waals surface area contributed by atoms with E-state index in [2.05, 4.69) is 28.1 Å². The van der Waals surface area contributed by atoms with Crippen molar-refractivity contribution in [2.75, 3.05) is 11.5 Å². The molecule has 2 aliphatic rings. The second-order valence-corrected chi connectivity index (χ2v) is 12.3. The molecule has 8 atom stereocenters. The summed E-state index contributed by atoms with van der Waals surface area (Å²) in [7, 11) is -17.1. The first-order valence-electron chi connectivity index (χ1n) is 9.33. The van der Waals surface area contributed by atoms with Gasteiger partial charge in [-0.3, -0.25) is 4.52 Å². The number of aromatic nitrogens is 4. The standard InChI is InChI=1S/C14H18FN6O11P3/c1-3-13(15)8(21-4-18-7-10(16)19-12(17)20-11(7)21)5(2)6-9(14(6,13)22)30-34(26,27)32-35(28,29)31-33(23,24)25/h1,4-6,8-9,22H,2H3,(H,26,27)(H,28,29)(H2,23,24,25)(H4,16,17,19,20)/t5-,6+,8+,9?,13-,14-/m0/s1. The van der Waals surface area contributed by atoms with Crippen LogP contribution in [0.15, 0.2) is 6.33 Å². The number of hydrogen-bond acceptors (Lipinski definition) is 12. The molecule has 0 amide bonds. The Morgan fingerprint density at radius 3 is 2.37 bits per heavy atom. The molecule has 3 unspecified atom stereocenters. The summed E-state index contributed by atoms with van der Waals surface area (Å²) >= 11 is 0. The second-order valence-electron chi connectivity index (χ2n) is 7.92. The molecule has 0 aliphatic heterocycles. The Labute approximate surface area is 194 Å². The van der Waals surface area contributed by atoms with Gasteiger partial charge in [0.1, 0.15) is 17.2 Å². The van der Waals surface area contributed by atoms with Crippen molar-refractivity contribution in [3.8, 4) is 12.3 Å². The van der Waals surface area contributed by atoms with Crippen molar-refractivity contribution in [3.05, 3.63) is 6.33 Å². The summed E-state index contributed by atoms with van der Waals surface area (Å²) in [5.41, 5.74) is 5.86. The molecule has 2 fully saturated rings. The molecule has 17 nitrogen and oxygen atoms in total. The number of halogens is 1. The number of anilines is 2. The van der Waals surface area contributed by atoms with E-state index >= 15 is 4.39 Å². The Hall–Kier alpha value is -1.99. The van der Waals surface area contributed by atoms with E-state index < -0.39 is 58.7 Å². The van der Waals surface area contributed by atoms with E-state index in [0.29, 0.717) is 0 Å². The largest absolute Gasteiger partial charge is 0.490 e. The lowest BCUT2D eigenvalue weighted by Gasteiger charge is -2.33. The Morgan fingerprint density at radius 2 is 1.80 bits per heavy atom. The lowest BCUT2D eigenvalue weighted by Crippen LogP contribution is -2.47. The number of hydrogen-bond donors (Lipinski definition) is 7. The monoisotopic (exact) mass is 558 g/mol. The topological polar surface area (TPSA) is 276 Å². The van der Waals surface area contributed by atoms with Crippen molar-refractivity contribution in [1.82, 2.24) is 19.5 Å². The maximum atomic E-state index is 16.3. The van der Waals surface area contributed by atoms with Crippen molar-refractivity contribution >= 4 is 46.4 Å². The van der Waals surface area contributed by atoms with Gasteiger partial charge in [0.05, 0.1) is 12.4 Å². The van der Waals surface area contributed by atoms with Gasteiger partial charge in [0.25, 0.3) is 0 Å². The number of nitrogen functional groups attached to an aromatic ring is 2. The van der Waals surface area contributed by atoms with E-state index in [1.165, 1.54) is 11.5 Å². The Kier molecular flexibility index (Phi) is 5.78. The molecule has 35 heavy (non-hydrogen) atoms. The number of phosphoric acid groups is 3. The van der Waals surface area contributed by atoms with Crippen LogP contribution in [0.5, 0.6) is 0 Å². The number of imidazole rings is 1. The predicted molar refractivity (Wildman–Crippen MR) is 112 cm³/mol. The van der Waals surface area contributed by atoms with Crippen LogP contribution in [-0.2, 0) is 26.8 Å². The van der Waals surface area contributed by atoms with Gasteiger partial charge in [0.2, 0.25) is 11.6 Å². The van der Waals surface area contributed by atoms with E-state index in [4.69, 9.17) is 27.7 Å². The molecule has 2 saturated carbocycles. The minimum atomic E-state index is -5.83. The molecule has 9 N–H and O–H groups in total. The van der Waals surface area contributed by atoms with Crippen LogP contribution in [0.25, 0.3) is 11.2 Å². The summed E-state index contributed by atoms with van der Waals surface area (Å²) in [5, 5.41) is 11.1. The van der Waals surface area contributed by atoms with Crippen LogP contribution < -0.4 is 11.5 Å². The number of terminal acetylenes is 1. The Morgan fingerprint density at radius 1 is 1.17 bits per heavy atom. The first-order chi connectivity index (χ1) is 15.9. The highest BCUT2D eigenvalue weighted by Gasteiger charge is 2.87. The highest BCUT2D eigenvalue weighted by atomic mass is 31.3. The maximum Gasteiger partial charge on any atom is 0.490 e. The van der Waals surface area contributed by atoms with Crippen molar-refractivity contribution < 1.29 is 55.9 Å². The lowest BCUT2D eigenvalue weighted by molar-refractivity contribution is -0.0377. The third-order valence-corrected chi connectivity index (χ3v) is 9.67. The Balaban J connectivity index is 1.65. The van der Waals surface area contributed by atoms with Gasteiger partial charge in [0.15, 0.2) is 11.5 Å². The van der Waals surface area contributed by atoms with Gasteiger partial charge in [0, 0.05) is 5.92 Å². The van der Waals surface area contributed by atoms with Crippen molar-refractivity contribution in [2.24, 2.45) is 11.8 Å². The molecule has 0 spiro atoms. The van der Waals surface area contributed by atoms with Crippen LogP contribution in [0.2, 0.25) is 0 Å². The molecule has 2 aromatic rings.